The summed E-state index contributed by atoms with van der Waals surface area (Å²) in [6.45, 7) is 10.5. The lowest BCUT2D eigenvalue weighted by Crippen LogP contribution is -2.56. The van der Waals surface area contributed by atoms with Crippen LogP contribution in [-0.4, -0.2) is 36.6 Å². The summed E-state index contributed by atoms with van der Waals surface area (Å²) in [4.78, 5) is 2.70. The molecule has 0 bridgehead atoms. The van der Waals surface area contributed by atoms with Gasteiger partial charge in [0.15, 0.2) is 0 Å². The fourth-order valence-electron chi connectivity index (χ4n) is 3.10. The minimum Gasteiger partial charge on any atom is -0.311 e. The van der Waals surface area contributed by atoms with E-state index in [2.05, 4.69) is 61.3 Å². The Bertz CT molecular complexity index is 374. The van der Waals surface area contributed by atoms with Gasteiger partial charge in [-0.15, -0.1) is 0 Å². The summed E-state index contributed by atoms with van der Waals surface area (Å²) < 4.78 is 0. The van der Waals surface area contributed by atoms with Crippen LogP contribution in [0.1, 0.15) is 39.2 Å². The lowest BCUT2D eigenvalue weighted by Gasteiger charge is -2.39. The Morgan fingerprint density at radius 3 is 2.70 bits per heavy atom. The first-order chi connectivity index (χ1) is 9.65. The number of nitrogens with one attached hydrogen (secondary N) is 1. The number of benzene rings is 1. The maximum Gasteiger partial charge on any atom is 0.0261 e. The van der Waals surface area contributed by atoms with Crippen LogP contribution in [0.25, 0.3) is 0 Å². The van der Waals surface area contributed by atoms with Crippen molar-refractivity contribution in [3.8, 4) is 0 Å². The van der Waals surface area contributed by atoms with Crippen LogP contribution in [-0.2, 0) is 6.42 Å². The predicted octanol–water partition coefficient (Wildman–Crippen LogP) is 3.33. The molecule has 2 nitrogen and oxygen atoms in total. The van der Waals surface area contributed by atoms with Crippen molar-refractivity contribution in [2.24, 2.45) is 5.92 Å². The van der Waals surface area contributed by atoms with E-state index < -0.39 is 0 Å². The standard InChI is InChI=1S/C18H30N2/c1-15(2)8-7-11-20-14-16(3)19-13-18(20)12-17-9-5-4-6-10-17/h4-6,9-10,15-16,18-19H,7-8,11-14H2,1-3H3. The molecule has 1 aromatic carbocycles. The van der Waals surface area contributed by atoms with Crippen LogP contribution in [0.2, 0.25) is 0 Å². The number of rotatable bonds is 6. The van der Waals surface area contributed by atoms with Crippen LogP contribution in [0.15, 0.2) is 30.3 Å². The highest BCUT2D eigenvalue weighted by Crippen LogP contribution is 2.15. The summed E-state index contributed by atoms with van der Waals surface area (Å²) in [6.07, 6.45) is 3.84. The highest BCUT2D eigenvalue weighted by atomic mass is 15.2. The van der Waals surface area contributed by atoms with E-state index in [1.165, 1.54) is 37.9 Å². The second-order valence-corrected chi connectivity index (χ2v) is 6.68. The Kier molecular flexibility index (Phi) is 6.06. The van der Waals surface area contributed by atoms with Gasteiger partial charge in [-0.3, -0.25) is 4.90 Å². The molecule has 2 unspecified atom stereocenters. The van der Waals surface area contributed by atoms with Gasteiger partial charge in [0.25, 0.3) is 0 Å². The second kappa shape index (κ2) is 7.80. The van der Waals surface area contributed by atoms with Gasteiger partial charge in [-0.1, -0.05) is 44.2 Å². The zero-order valence-corrected chi connectivity index (χ0v) is 13.3. The average Bonchev–Trinajstić information content (AvgIpc) is 2.42. The normalized spacial score (nSPS) is 24.2. The molecule has 2 rings (SSSR count). The van der Waals surface area contributed by atoms with E-state index in [-0.39, 0.29) is 0 Å². The first-order valence-corrected chi connectivity index (χ1v) is 8.16. The summed E-state index contributed by atoms with van der Waals surface area (Å²) in [5, 5.41) is 3.64. The Hall–Kier alpha value is -0.860. The van der Waals surface area contributed by atoms with Crippen molar-refractivity contribution in [2.75, 3.05) is 19.6 Å². The molecule has 20 heavy (non-hydrogen) atoms. The molecule has 0 saturated carbocycles. The highest BCUT2D eigenvalue weighted by molar-refractivity contribution is 5.16. The van der Waals surface area contributed by atoms with Gasteiger partial charge in [-0.2, -0.15) is 0 Å². The Morgan fingerprint density at radius 2 is 2.00 bits per heavy atom. The molecular formula is C18H30N2. The average molecular weight is 274 g/mol. The molecule has 0 spiro atoms. The number of nitrogens with zero attached hydrogens (tertiary/aromatic N) is 1. The van der Waals surface area contributed by atoms with Gasteiger partial charge in [0.05, 0.1) is 0 Å². The zero-order valence-electron chi connectivity index (χ0n) is 13.3. The minimum atomic E-state index is 0.626. The van der Waals surface area contributed by atoms with Gasteiger partial charge in [-0.25, -0.2) is 0 Å². The molecule has 0 aliphatic carbocycles. The van der Waals surface area contributed by atoms with Crippen molar-refractivity contribution in [3.05, 3.63) is 35.9 Å². The Morgan fingerprint density at radius 1 is 1.25 bits per heavy atom. The van der Waals surface area contributed by atoms with E-state index in [0.717, 1.165) is 12.5 Å². The first-order valence-electron chi connectivity index (χ1n) is 8.16. The van der Waals surface area contributed by atoms with Crippen LogP contribution < -0.4 is 5.32 Å². The quantitative estimate of drug-likeness (QED) is 0.856. The summed E-state index contributed by atoms with van der Waals surface area (Å²) in [5.41, 5.74) is 1.46. The van der Waals surface area contributed by atoms with E-state index >= 15 is 0 Å². The molecule has 0 amide bonds. The van der Waals surface area contributed by atoms with Crippen molar-refractivity contribution in [1.29, 1.82) is 0 Å². The lowest BCUT2D eigenvalue weighted by atomic mass is 10.00. The third-order valence-electron chi connectivity index (χ3n) is 4.27. The number of piperazine rings is 1. The van der Waals surface area contributed by atoms with Gasteiger partial charge in [0.2, 0.25) is 0 Å². The molecule has 1 aliphatic heterocycles. The molecule has 1 N–H and O–H groups in total. The SMILES string of the molecule is CC(C)CCCN1CC(C)NCC1Cc1ccccc1. The summed E-state index contributed by atoms with van der Waals surface area (Å²) in [7, 11) is 0. The lowest BCUT2D eigenvalue weighted by molar-refractivity contribution is 0.131. The molecule has 1 heterocycles. The van der Waals surface area contributed by atoms with E-state index in [0.29, 0.717) is 12.1 Å². The van der Waals surface area contributed by atoms with Crippen molar-refractivity contribution in [2.45, 2.75) is 52.1 Å². The highest BCUT2D eigenvalue weighted by Gasteiger charge is 2.25. The van der Waals surface area contributed by atoms with Crippen LogP contribution >= 0.6 is 0 Å². The van der Waals surface area contributed by atoms with Crippen molar-refractivity contribution >= 4 is 0 Å². The van der Waals surface area contributed by atoms with Crippen molar-refractivity contribution in [3.63, 3.8) is 0 Å². The monoisotopic (exact) mass is 274 g/mol. The molecule has 0 aromatic heterocycles. The Balaban J connectivity index is 1.90. The third-order valence-corrected chi connectivity index (χ3v) is 4.27. The Labute approximate surface area is 124 Å². The summed E-state index contributed by atoms with van der Waals surface area (Å²) in [5.74, 6) is 0.822. The fraction of sp³-hybridized carbons (Fsp3) is 0.667. The van der Waals surface area contributed by atoms with Gasteiger partial charge in [0, 0.05) is 25.2 Å². The molecule has 2 atom stereocenters. The molecule has 1 fully saturated rings. The zero-order chi connectivity index (χ0) is 14.4. The molecular weight excluding hydrogens is 244 g/mol. The molecule has 1 saturated heterocycles. The topological polar surface area (TPSA) is 15.3 Å². The van der Waals surface area contributed by atoms with Gasteiger partial charge < -0.3 is 5.32 Å². The maximum absolute atomic E-state index is 3.64. The second-order valence-electron chi connectivity index (χ2n) is 6.68. The van der Waals surface area contributed by atoms with Crippen LogP contribution in [0.3, 0.4) is 0 Å². The largest absolute Gasteiger partial charge is 0.311 e. The van der Waals surface area contributed by atoms with Crippen LogP contribution in [0.5, 0.6) is 0 Å². The fourth-order valence-corrected chi connectivity index (χ4v) is 3.10. The van der Waals surface area contributed by atoms with E-state index in [9.17, 15) is 0 Å². The summed E-state index contributed by atoms with van der Waals surface area (Å²) >= 11 is 0. The molecule has 1 aromatic rings. The molecule has 2 heteroatoms. The van der Waals surface area contributed by atoms with Crippen LogP contribution in [0.4, 0.5) is 0 Å². The summed E-state index contributed by atoms with van der Waals surface area (Å²) in [6, 6.07) is 12.2. The predicted molar refractivity (Wildman–Crippen MR) is 87.0 cm³/mol. The molecule has 0 radical (unpaired) electrons. The van der Waals surface area contributed by atoms with Gasteiger partial charge in [-0.05, 0) is 44.2 Å². The number of hydrogen-bond donors (Lipinski definition) is 1. The smallest absolute Gasteiger partial charge is 0.0261 e. The third kappa shape index (κ3) is 4.92. The van der Waals surface area contributed by atoms with Crippen molar-refractivity contribution in [1.82, 2.24) is 10.2 Å². The van der Waals surface area contributed by atoms with Crippen molar-refractivity contribution < 1.29 is 0 Å². The first kappa shape index (κ1) is 15.5. The molecule has 1 aliphatic rings. The number of hydrogen-bond acceptors (Lipinski definition) is 2. The maximum atomic E-state index is 3.64. The molecule has 112 valence electrons. The van der Waals surface area contributed by atoms with Gasteiger partial charge in [0.1, 0.15) is 0 Å². The van der Waals surface area contributed by atoms with E-state index in [4.69, 9.17) is 0 Å². The van der Waals surface area contributed by atoms with Gasteiger partial charge >= 0.3 is 0 Å². The van der Waals surface area contributed by atoms with Crippen LogP contribution in [0, 0.1) is 5.92 Å². The van der Waals surface area contributed by atoms with E-state index in [1.807, 2.05) is 0 Å². The van der Waals surface area contributed by atoms with E-state index in [1.54, 1.807) is 0 Å². The minimum absolute atomic E-state index is 0.626.